The highest BCUT2D eigenvalue weighted by molar-refractivity contribution is 5.90. The normalized spacial score (nSPS) is 31.6. The van der Waals surface area contributed by atoms with Crippen LogP contribution in [0.25, 0.3) is 0 Å². The topological polar surface area (TPSA) is 63.1 Å². The van der Waals surface area contributed by atoms with E-state index < -0.39 is 6.04 Å². The molecule has 1 aromatic rings. The molecule has 4 aliphatic rings. The molecule has 0 aromatic carbocycles. The van der Waals surface area contributed by atoms with Gasteiger partial charge in [-0.1, -0.05) is 13.8 Å². The van der Waals surface area contributed by atoms with Gasteiger partial charge < -0.3 is 15.2 Å². The van der Waals surface area contributed by atoms with Crippen molar-refractivity contribution in [1.29, 1.82) is 0 Å². The summed E-state index contributed by atoms with van der Waals surface area (Å²) >= 11 is 0. The van der Waals surface area contributed by atoms with Crippen LogP contribution >= 0.6 is 0 Å². The predicted molar refractivity (Wildman–Crippen MR) is 119 cm³/mol. The first-order valence-electron chi connectivity index (χ1n) is 12.0. The second-order valence-corrected chi connectivity index (χ2v) is 11.0. The van der Waals surface area contributed by atoms with E-state index in [4.69, 9.17) is 0 Å². The molecule has 5 nitrogen and oxygen atoms in total. The van der Waals surface area contributed by atoms with Gasteiger partial charge in [-0.25, -0.2) is 0 Å². The average molecular weight is 414 g/mol. The van der Waals surface area contributed by atoms with Gasteiger partial charge in [0.05, 0.1) is 0 Å². The molecule has 5 heteroatoms. The molecule has 166 valence electrons. The summed E-state index contributed by atoms with van der Waals surface area (Å²) in [7, 11) is 2.05. The van der Waals surface area contributed by atoms with Crippen molar-refractivity contribution in [2.24, 2.45) is 36.1 Å². The minimum atomic E-state index is -0.456. The second-order valence-electron chi connectivity index (χ2n) is 11.0. The monoisotopic (exact) mass is 413 g/mol. The highest BCUT2D eigenvalue weighted by Gasteiger charge is 2.55. The molecule has 0 aliphatic heterocycles. The van der Waals surface area contributed by atoms with Crippen LogP contribution in [-0.2, 0) is 23.1 Å². The van der Waals surface area contributed by atoms with Crippen LogP contribution < -0.4 is 10.6 Å². The summed E-state index contributed by atoms with van der Waals surface area (Å²) in [5.41, 5.74) is 1.06. The average Bonchev–Trinajstić information content (AvgIpc) is 3.07. The molecule has 5 rings (SSSR count). The molecule has 0 saturated heterocycles. The Bertz CT molecular complexity index is 746. The van der Waals surface area contributed by atoms with Gasteiger partial charge in [0.2, 0.25) is 11.8 Å². The predicted octanol–water partition coefficient (Wildman–Crippen LogP) is 3.82. The number of aryl methyl sites for hydroxylation is 2. The molecule has 0 spiro atoms. The van der Waals surface area contributed by atoms with Gasteiger partial charge >= 0.3 is 0 Å². The molecular weight excluding hydrogens is 374 g/mol. The third kappa shape index (κ3) is 4.31. The number of nitrogens with one attached hydrogen (secondary N) is 2. The van der Waals surface area contributed by atoms with Crippen molar-refractivity contribution in [1.82, 2.24) is 15.2 Å². The van der Waals surface area contributed by atoms with E-state index in [9.17, 15) is 9.59 Å². The number of rotatable bonds is 8. The van der Waals surface area contributed by atoms with Gasteiger partial charge in [-0.2, -0.15) is 0 Å². The number of hydrogen-bond acceptors (Lipinski definition) is 2. The Labute approximate surface area is 181 Å². The fraction of sp³-hybridized carbons (Fsp3) is 0.760. The number of carbonyl (C=O) groups excluding carboxylic acids is 2. The molecule has 1 heterocycles. The highest BCUT2D eigenvalue weighted by atomic mass is 16.2. The number of amides is 2. The zero-order chi connectivity index (χ0) is 21.5. The van der Waals surface area contributed by atoms with E-state index in [0.29, 0.717) is 0 Å². The van der Waals surface area contributed by atoms with E-state index >= 15 is 0 Å². The molecular formula is C25H39N3O2. The van der Waals surface area contributed by atoms with Gasteiger partial charge in [0.15, 0.2) is 0 Å². The van der Waals surface area contributed by atoms with Crippen LogP contribution in [-0.4, -0.2) is 28.5 Å². The second kappa shape index (κ2) is 8.39. The summed E-state index contributed by atoms with van der Waals surface area (Å²) in [5.74, 6) is 2.36. The van der Waals surface area contributed by atoms with Gasteiger partial charge in [0.1, 0.15) is 6.04 Å². The zero-order valence-corrected chi connectivity index (χ0v) is 19.1. The van der Waals surface area contributed by atoms with E-state index in [0.717, 1.165) is 49.9 Å². The van der Waals surface area contributed by atoms with E-state index in [1.54, 1.807) is 0 Å². The quantitative estimate of drug-likeness (QED) is 0.680. The molecule has 0 radical (unpaired) electrons. The maximum atomic E-state index is 13.4. The summed E-state index contributed by atoms with van der Waals surface area (Å²) < 4.78 is 2.12. The maximum Gasteiger partial charge on any atom is 0.243 e. The van der Waals surface area contributed by atoms with Crippen LogP contribution in [0.4, 0.5) is 0 Å². The van der Waals surface area contributed by atoms with E-state index in [-0.39, 0.29) is 29.2 Å². The third-order valence-electron chi connectivity index (χ3n) is 8.03. The van der Waals surface area contributed by atoms with Gasteiger partial charge in [0.25, 0.3) is 0 Å². The smallest absolute Gasteiger partial charge is 0.243 e. The van der Waals surface area contributed by atoms with Crippen LogP contribution in [0.1, 0.15) is 71.4 Å². The van der Waals surface area contributed by atoms with Crippen molar-refractivity contribution >= 4 is 11.8 Å². The lowest BCUT2D eigenvalue weighted by Gasteiger charge is -2.55. The Kier molecular flexibility index (Phi) is 6.00. The third-order valence-corrected chi connectivity index (χ3v) is 8.03. The minimum Gasteiger partial charge on any atom is -0.354 e. The Morgan fingerprint density at radius 1 is 1.07 bits per heavy atom. The first kappa shape index (κ1) is 21.5. The maximum absolute atomic E-state index is 13.4. The fourth-order valence-electron chi connectivity index (χ4n) is 6.74. The molecule has 30 heavy (non-hydrogen) atoms. The lowest BCUT2D eigenvalue weighted by atomic mass is 9.49. The van der Waals surface area contributed by atoms with Crippen LogP contribution in [0.15, 0.2) is 18.3 Å². The SMILES string of the molecule is CC(CCc1cccn1C)NC(=O)C(NC(=O)C12CC3CC(CC(C3)C1)C2)C(C)C. The number of hydrogen-bond donors (Lipinski definition) is 2. The molecule has 4 saturated carbocycles. The van der Waals surface area contributed by atoms with E-state index in [1.165, 1.54) is 25.0 Å². The molecule has 4 bridgehead atoms. The number of aromatic nitrogens is 1. The first-order valence-corrected chi connectivity index (χ1v) is 12.0. The molecule has 2 amide bonds. The van der Waals surface area contributed by atoms with Gasteiger partial charge in [0, 0.05) is 30.4 Å². The first-order chi connectivity index (χ1) is 14.3. The number of carbonyl (C=O) groups is 2. The summed E-state index contributed by atoms with van der Waals surface area (Å²) in [5, 5.41) is 6.36. The Morgan fingerprint density at radius 3 is 2.17 bits per heavy atom. The molecule has 2 atom stereocenters. The van der Waals surface area contributed by atoms with Gasteiger partial charge in [-0.3, -0.25) is 9.59 Å². The number of nitrogens with zero attached hydrogens (tertiary/aromatic N) is 1. The summed E-state index contributed by atoms with van der Waals surface area (Å²) in [6.45, 7) is 6.11. The van der Waals surface area contributed by atoms with Crippen molar-refractivity contribution in [3.05, 3.63) is 24.0 Å². The Balaban J connectivity index is 1.34. The molecule has 2 unspecified atom stereocenters. The van der Waals surface area contributed by atoms with Crippen molar-refractivity contribution < 1.29 is 9.59 Å². The Morgan fingerprint density at radius 2 is 1.67 bits per heavy atom. The summed E-state index contributed by atoms with van der Waals surface area (Å²) in [4.78, 5) is 26.5. The summed E-state index contributed by atoms with van der Waals surface area (Å²) in [6.07, 6.45) is 10.9. The zero-order valence-electron chi connectivity index (χ0n) is 19.1. The molecule has 4 fully saturated rings. The fourth-order valence-corrected chi connectivity index (χ4v) is 6.74. The van der Waals surface area contributed by atoms with Crippen LogP contribution in [0.2, 0.25) is 0 Å². The summed E-state index contributed by atoms with van der Waals surface area (Å²) in [6, 6.07) is 3.79. The van der Waals surface area contributed by atoms with Crippen LogP contribution in [0.5, 0.6) is 0 Å². The largest absolute Gasteiger partial charge is 0.354 e. The van der Waals surface area contributed by atoms with Crippen LogP contribution in [0.3, 0.4) is 0 Å². The van der Waals surface area contributed by atoms with Crippen molar-refractivity contribution in [2.75, 3.05) is 0 Å². The molecule has 1 aromatic heterocycles. The Hall–Kier alpha value is -1.78. The van der Waals surface area contributed by atoms with Gasteiger partial charge in [-0.05, 0) is 94.1 Å². The van der Waals surface area contributed by atoms with E-state index in [1.807, 2.05) is 33.2 Å². The minimum absolute atomic E-state index is 0.0394. The van der Waals surface area contributed by atoms with E-state index in [2.05, 4.69) is 28.2 Å². The van der Waals surface area contributed by atoms with Crippen LogP contribution in [0, 0.1) is 29.1 Å². The standard InChI is InChI=1S/C25H39N3O2/c1-16(2)22(23(29)26-17(3)7-8-21-6-5-9-28(21)4)27-24(30)25-13-18-10-19(14-25)12-20(11-18)15-25/h5-6,9,16-20,22H,7-8,10-15H2,1-4H3,(H,26,29)(H,27,30). The highest BCUT2D eigenvalue weighted by Crippen LogP contribution is 2.60. The molecule has 4 aliphatic carbocycles. The molecule has 2 N–H and O–H groups in total. The lowest BCUT2D eigenvalue weighted by molar-refractivity contribution is -0.149. The van der Waals surface area contributed by atoms with Crippen molar-refractivity contribution in [2.45, 2.75) is 84.2 Å². The lowest BCUT2D eigenvalue weighted by Crippen LogP contribution is -2.59. The van der Waals surface area contributed by atoms with Gasteiger partial charge in [-0.15, -0.1) is 0 Å². The van der Waals surface area contributed by atoms with Crippen molar-refractivity contribution in [3.63, 3.8) is 0 Å². The van der Waals surface area contributed by atoms with Crippen molar-refractivity contribution in [3.8, 4) is 0 Å².